The minimum Gasteiger partial charge on any atom is -0.454 e. The van der Waals surface area contributed by atoms with Gasteiger partial charge in [0, 0.05) is 5.56 Å². The number of benzene rings is 2. The second kappa shape index (κ2) is 9.37. The molecule has 0 aromatic heterocycles. The number of carbonyl (C=O) groups is 2. The highest BCUT2D eigenvalue weighted by molar-refractivity contribution is 8.22. The first kappa shape index (κ1) is 19.9. The normalized spacial score (nSPS) is 15.9. The molecule has 2 aliphatic heterocycles. The fraction of sp³-hybridized carbons (Fsp3) is 0.217. The standard InChI is InChI=1S/C23H20O4S2/c24-18(10-8-16-9-11-19-20(14-16)27-15-26-19)21(23-28-12-4-5-13-29-23)22(25)17-6-2-1-3-7-17/h1-3,6-11,14H,4-5,12-13,15H2. The highest BCUT2D eigenvalue weighted by Crippen LogP contribution is 2.38. The lowest BCUT2D eigenvalue weighted by Crippen LogP contribution is -2.13. The molecule has 2 aliphatic rings. The monoisotopic (exact) mass is 424 g/mol. The van der Waals surface area contributed by atoms with Crippen LogP contribution in [-0.4, -0.2) is 29.9 Å². The summed E-state index contributed by atoms with van der Waals surface area (Å²) in [6.45, 7) is 0.206. The van der Waals surface area contributed by atoms with Gasteiger partial charge in [-0.3, -0.25) is 9.59 Å². The highest BCUT2D eigenvalue weighted by Gasteiger charge is 2.24. The van der Waals surface area contributed by atoms with Crippen molar-refractivity contribution >= 4 is 41.2 Å². The number of ketones is 2. The number of hydrogen-bond donors (Lipinski definition) is 0. The quantitative estimate of drug-likeness (QED) is 0.279. The van der Waals surface area contributed by atoms with Gasteiger partial charge in [-0.05, 0) is 48.1 Å². The van der Waals surface area contributed by atoms with Crippen molar-refractivity contribution in [3.63, 3.8) is 0 Å². The number of fused-ring (bicyclic) bond motifs is 1. The maximum absolute atomic E-state index is 13.2. The lowest BCUT2D eigenvalue weighted by molar-refractivity contribution is -0.111. The van der Waals surface area contributed by atoms with E-state index in [1.165, 1.54) is 6.08 Å². The summed E-state index contributed by atoms with van der Waals surface area (Å²) in [6.07, 6.45) is 5.38. The van der Waals surface area contributed by atoms with Gasteiger partial charge in [-0.15, -0.1) is 23.5 Å². The van der Waals surface area contributed by atoms with Crippen LogP contribution in [0.25, 0.3) is 6.08 Å². The van der Waals surface area contributed by atoms with Crippen molar-refractivity contribution in [2.75, 3.05) is 18.3 Å². The third-order valence-corrected chi connectivity index (χ3v) is 7.17. The van der Waals surface area contributed by atoms with E-state index >= 15 is 0 Å². The van der Waals surface area contributed by atoms with Crippen LogP contribution in [0.5, 0.6) is 11.5 Å². The predicted molar refractivity (Wildman–Crippen MR) is 119 cm³/mol. The zero-order valence-corrected chi connectivity index (χ0v) is 17.4. The molecule has 148 valence electrons. The first-order valence-corrected chi connectivity index (χ1v) is 11.4. The Hall–Kier alpha value is -2.44. The average molecular weight is 425 g/mol. The molecule has 0 spiro atoms. The molecule has 0 saturated carbocycles. The molecule has 4 rings (SSSR count). The Labute approximate surface area is 178 Å². The average Bonchev–Trinajstić information content (AvgIpc) is 3.07. The van der Waals surface area contributed by atoms with Gasteiger partial charge in [-0.1, -0.05) is 42.5 Å². The van der Waals surface area contributed by atoms with E-state index in [4.69, 9.17) is 9.47 Å². The second-order valence-corrected chi connectivity index (χ2v) is 9.04. The van der Waals surface area contributed by atoms with Crippen LogP contribution in [0.3, 0.4) is 0 Å². The van der Waals surface area contributed by atoms with Crippen LogP contribution in [0, 0.1) is 0 Å². The Bertz CT molecular complexity index is 970. The van der Waals surface area contributed by atoms with Crippen LogP contribution < -0.4 is 9.47 Å². The van der Waals surface area contributed by atoms with Crippen molar-refractivity contribution < 1.29 is 19.1 Å². The summed E-state index contributed by atoms with van der Waals surface area (Å²) >= 11 is 3.22. The fourth-order valence-corrected chi connectivity index (χ4v) is 5.61. The summed E-state index contributed by atoms with van der Waals surface area (Å²) in [5.41, 5.74) is 1.62. The van der Waals surface area contributed by atoms with Gasteiger partial charge in [0.2, 0.25) is 6.79 Å². The Balaban J connectivity index is 1.64. The minimum atomic E-state index is -0.270. The van der Waals surface area contributed by atoms with Gasteiger partial charge in [0.05, 0.1) is 9.81 Å². The maximum atomic E-state index is 13.2. The molecule has 0 aliphatic carbocycles. The maximum Gasteiger partial charge on any atom is 0.231 e. The van der Waals surface area contributed by atoms with E-state index in [0.29, 0.717) is 17.1 Å². The van der Waals surface area contributed by atoms with E-state index in [2.05, 4.69) is 0 Å². The Morgan fingerprint density at radius 1 is 0.897 bits per heavy atom. The third-order valence-electron chi connectivity index (χ3n) is 4.54. The molecule has 2 aromatic rings. The lowest BCUT2D eigenvalue weighted by Gasteiger charge is -2.10. The van der Waals surface area contributed by atoms with Crippen LogP contribution in [0.4, 0.5) is 0 Å². The van der Waals surface area contributed by atoms with Crippen LogP contribution in [0.2, 0.25) is 0 Å². The molecule has 6 heteroatoms. The number of hydrogen-bond acceptors (Lipinski definition) is 6. The SMILES string of the molecule is O=C(C=Cc1ccc2c(c1)OCO2)C(C(=O)c1ccccc1)=C1SCCCCS1. The van der Waals surface area contributed by atoms with Crippen molar-refractivity contribution in [2.24, 2.45) is 0 Å². The lowest BCUT2D eigenvalue weighted by atomic mass is 10.0. The number of allylic oxidation sites excluding steroid dienone is 2. The van der Waals surface area contributed by atoms with Crippen molar-refractivity contribution in [3.05, 3.63) is 75.5 Å². The Morgan fingerprint density at radius 2 is 1.62 bits per heavy atom. The van der Waals surface area contributed by atoms with Gasteiger partial charge >= 0.3 is 0 Å². The third kappa shape index (κ3) is 4.77. The van der Waals surface area contributed by atoms with Gasteiger partial charge in [0.15, 0.2) is 23.1 Å². The fourth-order valence-electron chi connectivity index (χ4n) is 3.03. The molecule has 0 unspecified atom stereocenters. The van der Waals surface area contributed by atoms with Crippen molar-refractivity contribution in [1.82, 2.24) is 0 Å². The summed E-state index contributed by atoms with van der Waals surface area (Å²) in [5.74, 6) is 2.71. The largest absolute Gasteiger partial charge is 0.454 e. The molecule has 29 heavy (non-hydrogen) atoms. The number of rotatable bonds is 5. The molecule has 1 saturated heterocycles. The van der Waals surface area contributed by atoms with Gasteiger partial charge in [0.1, 0.15) is 0 Å². The van der Waals surface area contributed by atoms with Crippen LogP contribution in [0.15, 0.2) is 64.4 Å². The predicted octanol–water partition coefficient (Wildman–Crippen LogP) is 5.35. The van der Waals surface area contributed by atoms with Crippen LogP contribution >= 0.6 is 23.5 Å². The van der Waals surface area contributed by atoms with Crippen molar-refractivity contribution in [2.45, 2.75) is 12.8 Å². The molecule has 2 aromatic carbocycles. The summed E-state index contributed by atoms with van der Waals surface area (Å²) in [7, 11) is 0. The summed E-state index contributed by atoms with van der Waals surface area (Å²) in [4.78, 5) is 26.3. The van der Waals surface area contributed by atoms with E-state index in [9.17, 15) is 9.59 Å². The first-order chi connectivity index (χ1) is 14.2. The zero-order chi connectivity index (χ0) is 20.1. The topological polar surface area (TPSA) is 52.6 Å². The summed E-state index contributed by atoms with van der Waals surface area (Å²) < 4.78 is 11.5. The van der Waals surface area contributed by atoms with E-state index in [1.807, 2.05) is 36.4 Å². The van der Waals surface area contributed by atoms with Gasteiger partial charge < -0.3 is 9.47 Å². The van der Waals surface area contributed by atoms with Crippen LogP contribution in [-0.2, 0) is 4.79 Å². The molecule has 0 radical (unpaired) electrons. The van der Waals surface area contributed by atoms with E-state index in [1.54, 1.807) is 41.7 Å². The van der Waals surface area contributed by atoms with E-state index in [-0.39, 0.29) is 23.9 Å². The van der Waals surface area contributed by atoms with Crippen molar-refractivity contribution in [3.8, 4) is 11.5 Å². The Kier molecular flexibility index (Phi) is 6.42. The van der Waals surface area contributed by atoms with Gasteiger partial charge in [-0.2, -0.15) is 0 Å². The molecule has 1 fully saturated rings. The number of thioether (sulfide) groups is 2. The van der Waals surface area contributed by atoms with E-state index < -0.39 is 0 Å². The number of Topliss-reactive ketones (excluding diaryl/α,β-unsaturated/α-hetero) is 1. The summed E-state index contributed by atoms with van der Waals surface area (Å²) in [5, 5.41) is 0. The van der Waals surface area contributed by atoms with Gasteiger partial charge in [0.25, 0.3) is 0 Å². The van der Waals surface area contributed by atoms with Gasteiger partial charge in [-0.25, -0.2) is 0 Å². The first-order valence-electron chi connectivity index (χ1n) is 9.44. The smallest absolute Gasteiger partial charge is 0.231 e. The molecular formula is C23H20O4S2. The van der Waals surface area contributed by atoms with Crippen LogP contribution in [0.1, 0.15) is 28.8 Å². The molecule has 0 bridgehead atoms. The minimum absolute atomic E-state index is 0.206. The summed E-state index contributed by atoms with van der Waals surface area (Å²) in [6, 6.07) is 14.5. The molecule has 2 heterocycles. The van der Waals surface area contributed by atoms with Crippen molar-refractivity contribution in [1.29, 1.82) is 0 Å². The molecular weight excluding hydrogens is 404 g/mol. The number of carbonyl (C=O) groups excluding carboxylic acids is 2. The van der Waals surface area contributed by atoms with E-state index in [0.717, 1.165) is 34.1 Å². The highest BCUT2D eigenvalue weighted by atomic mass is 32.2. The molecule has 0 atom stereocenters. The Morgan fingerprint density at radius 3 is 2.38 bits per heavy atom. The second-order valence-electron chi connectivity index (χ2n) is 6.57. The molecule has 0 N–H and O–H groups in total. The molecule has 4 nitrogen and oxygen atoms in total. The number of ether oxygens (including phenoxy) is 2. The molecule has 0 amide bonds. The zero-order valence-electron chi connectivity index (χ0n) is 15.8.